The second-order valence-corrected chi connectivity index (χ2v) is 13.8. The van der Waals surface area contributed by atoms with Gasteiger partial charge in [0.05, 0.1) is 18.6 Å². The van der Waals surface area contributed by atoms with Gasteiger partial charge in [0.2, 0.25) is 5.91 Å². The highest BCUT2D eigenvalue weighted by Gasteiger charge is 2.49. The Bertz CT molecular complexity index is 768. The van der Waals surface area contributed by atoms with Crippen molar-refractivity contribution < 1.29 is 9.22 Å². The molecule has 3 nitrogen and oxygen atoms in total. The van der Waals surface area contributed by atoms with E-state index in [1.807, 2.05) is 41.3 Å². The van der Waals surface area contributed by atoms with Gasteiger partial charge in [-0.25, -0.2) is 0 Å². The molecule has 4 heteroatoms. The van der Waals surface area contributed by atoms with E-state index in [0.29, 0.717) is 13.2 Å². The van der Waals surface area contributed by atoms with Crippen LogP contribution in [0.3, 0.4) is 0 Å². The molecule has 1 aliphatic rings. The van der Waals surface area contributed by atoms with Gasteiger partial charge in [0, 0.05) is 6.54 Å². The van der Waals surface area contributed by atoms with Crippen LogP contribution in [-0.4, -0.2) is 31.8 Å². The third-order valence-corrected chi connectivity index (χ3v) is 10.6. The summed E-state index contributed by atoms with van der Waals surface area (Å²) in [6, 6.07) is 20.4. The van der Waals surface area contributed by atoms with Crippen LogP contribution < -0.4 is 0 Å². The van der Waals surface area contributed by atoms with E-state index in [4.69, 9.17) is 4.43 Å². The number of carbonyl (C=O) groups is 1. The van der Waals surface area contributed by atoms with Crippen molar-refractivity contribution in [1.82, 2.24) is 4.90 Å². The number of hydrogen-bond donors (Lipinski definition) is 0. The summed E-state index contributed by atoms with van der Waals surface area (Å²) in [5, 5.41) is 0.160. The molecule has 0 aromatic heterocycles. The SMILES string of the molecule is CC(C)(C)[Si](C)(C)OC[C@@H]1[C@@H](c2ccccc2)C(=O)N1Cc1ccccc1. The van der Waals surface area contributed by atoms with Gasteiger partial charge in [0.15, 0.2) is 8.32 Å². The van der Waals surface area contributed by atoms with Crippen molar-refractivity contribution in [2.24, 2.45) is 0 Å². The van der Waals surface area contributed by atoms with Crippen LogP contribution in [0.5, 0.6) is 0 Å². The molecule has 0 N–H and O–H groups in total. The summed E-state index contributed by atoms with van der Waals surface area (Å²) in [4.78, 5) is 15.0. The highest BCUT2D eigenvalue weighted by Crippen LogP contribution is 2.40. The van der Waals surface area contributed by atoms with Crippen LogP contribution in [-0.2, 0) is 15.8 Å². The Balaban J connectivity index is 1.80. The molecule has 0 aliphatic carbocycles. The molecule has 2 aromatic rings. The molecule has 2 aromatic carbocycles. The van der Waals surface area contributed by atoms with Crippen molar-refractivity contribution in [3.05, 3.63) is 71.8 Å². The lowest BCUT2D eigenvalue weighted by Crippen LogP contribution is -2.61. The number of benzene rings is 2. The number of amides is 1. The van der Waals surface area contributed by atoms with E-state index < -0.39 is 8.32 Å². The minimum absolute atomic E-state index is 0.0919. The van der Waals surface area contributed by atoms with Crippen molar-refractivity contribution in [3.63, 3.8) is 0 Å². The average Bonchev–Trinajstić information content (AvgIpc) is 2.63. The number of hydrogen-bond acceptors (Lipinski definition) is 2. The van der Waals surface area contributed by atoms with E-state index in [9.17, 15) is 4.79 Å². The van der Waals surface area contributed by atoms with Crippen molar-refractivity contribution in [2.75, 3.05) is 6.61 Å². The standard InChI is InChI=1S/C23H31NO2Si/c1-23(2,3)27(4,5)26-17-20-21(19-14-10-7-11-15-19)22(25)24(20)16-18-12-8-6-9-13-18/h6-15,20-21H,16-17H2,1-5H3/t20-,21-/m1/s1. The van der Waals surface area contributed by atoms with Crippen LogP contribution in [0.1, 0.15) is 37.8 Å². The van der Waals surface area contributed by atoms with Gasteiger partial charge in [0.25, 0.3) is 0 Å². The minimum atomic E-state index is -1.86. The zero-order chi connectivity index (χ0) is 19.7. The summed E-state index contributed by atoms with van der Waals surface area (Å²) in [6.07, 6.45) is 0. The molecular formula is C23H31NO2Si. The number of rotatable bonds is 6. The van der Waals surface area contributed by atoms with Crippen LogP contribution >= 0.6 is 0 Å². The Morgan fingerprint density at radius 2 is 1.52 bits per heavy atom. The lowest BCUT2D eigenvalue weighted by atomic mass is 9.81. The van der Waals surface area contributed by atoms with Gasteiger partial charge in [-0.3, -0.25) is 4.79 Å². The van der Waals surface area contributed by atoms with E-state index in [-0.39, 0.29) is 22.9 Å². The molecule has 144 valence electrons. The molecule has 0 radical (unpaired) electrons. The molecule has 2 atom stereocenters. The fourth-order valence-corrected chi connectivity index (χ4v) is 4.32. The average molecular weight is 382 g/mol. The normalized spacial score (nSPS) is 20.5. The predicted octanol–water partition coefficient (Wildman–Crippen LogP) is 5.20. The highest BCUT2D eigenvalue weighted by molar-refractivity contribution is 6.74. The van der Waals surface area contributed by atoms with E-state index >= 15 is 0 Å². The van der Waals surface area contributed by atoms with Gasteiger partial charge >= 0.3 is 0 Å². The van der Waals surface area contributed by atoms with Crippen molar-refractivity contribution >= 4 is 14.2 Å². The van der Waals surface area contributed by atoms with E-state index in [1.54, 1.807) is 0 Å². The Labute approximate surface area is 164 Å². The van der Waals surface area contributed by atoms with Crippen LogP contribution in [0.25, 0.3) is 0 Å². The van der Waals surface area contributed by atoms with Gasteiger partial charge in [-0.05, 0) is 29.3 Å². The van der Waals surface area contributed by atoms with Crippen LogP contribution in [0, 0.1) is 0 Å². The molecule has 1 heterocycles. The van der Waals surface area contributed by atoms with E-state index in [2.05, 4.69) is 58.1 Å². The first-order valence-corrected chi connectivity index (χ1v) is 12.6. The molecule has 0 unspecified atom stereocenters. The lowest BCUT2D eigenvalue weighted by Gasteiger charge is -2.49. The zero-order valence-corrected chi connectivity index (χ0v) is 18.1. The van der Waals surface area contributed by atoms with Crippen LogP contribution in [0.15, 0.2) is 60.7 Å². The van der Waals surface area contributed by atoms with Gasteiger partial charge in [-0.2, -0.15) is 0 Å². The maximum atomic E-state index is 13.0. The topological polar surface area (TPSA) is 29.5 Å². The smallest absolute Gasteiger partial charge is 0.232 e. The number of β-lactam (4-membered cyclic amide) rings is 1. The first-order chi connectivity index (χ1) is 12.7. The summed E-state index contributed by atoms with van der Waals surface area (Å²) in [5.74, 6) is 0.105. The van der Waals surface area contributed by atoms with E-state index in [1.165, 1.54) is 0 Å². The number of likely N-dealkylation sites (tertiary alicyclic amines) is 1. The first kappa shape index (κ1) is 19.8. The van der Waals surface area contributed by atoms with Crippen molar-refractivity contribution in [2.45, 2.75) is 57.4 Å². The second-order valence-electron chi connectivity index (χ2n) is 8.98. The van der Waals surface area contributed by atoms with Gasteiger partial charge in [-0.1, -0.05) is 81.4 Å². The molecule has 0 spiro atoms. The molecule has 1 aliphatic heterocycles. The largest absolute Gasteiger partial charge is 0.415 e. The van der Waals surface area contributed by atoms with Gasteiger partial charge in [-0.15, -0.1) is 0 Å². The molecule has 27 heavy (non-hydrogen) atoms. The Morgan fingerprint density at radius 1 is 0.963 bits per heavy atom. The summed E-state index contributed by atoms with van der Waals surface area (Å²) in [5.41, 5.74) is 2.25. The maximum Gasteiger partial charge on any atom is 0.232 e. The second kappa shape index (κ2) is 7.61. The summed E-state index contributed by atoms with van der Waals surface area (Å²) < 4.78 is 6.51. The third-order valence-electron chi connectivity index (χ3n) is 6.11. The predicted molar refractivity (Wildman–Crippen MR) is 113 cm³/mol. The molecule has 0 saturated carbocycles. The molecule has 3 rings (SSSR count). The van der Waals surface area contributed by atoms with Crippen LogP contribution in [0.2, 0.25) is 18.1 Å². The monoisotopic (exact) mass is 381 g/mol. The fourth-order valence-electron chi connectivity index (χ4n) is 3.30. The Kier molecular flexibility index (Phi) is 5.59. The minimum Gasteiger partial charge on any atom is -0.415 e. The molecule has 1 amide bonds. The molecule has 1 fully saturated rings. The third kappa shape index (κ3) is 4.17. The maximum absolute atomic E-state index is 13.0. The van der Waals surface area contributed by atoms with Crippen molar-refractivity contribution in [1.29, 1.82) is 0 Å². The Hall–Kier alpha value is -1.91. The van der Waals surface area contributed by atoms with Crippen LogP contribution in [0.4, 0.5) is 0 Å². The summed E-state index contributed by atoms with van der Waals surface area (Å²) in [7, 11) is -1.86. The molecule has 1 saturated heterocycles. The number of carbonyl (C=O) groups excluding carboxylic acids is 1. The summed E-state index contributed by atoms with van der Waals surface area (Å²) in [6.45, 7) is 12.5. The van der Waals surface area contributed by atoms with Gasteiger partial charge < -0.3 is 9.33 Å². The number of nitrogens with zero attached hydrogens (tertiary/aromatic N) is 1. The van der Waals surface area contributed by atoms with Crippen molar-refractivity contribution in [3.8, 4) is 0 Å². The molecule has 0 bridgehead atoms. The first-order valence-electron chi connectivity index (χ1n) is 9.74. The lowest BCUT2D eigenvalue weighted by molar-refractivity contribution is -0.153. The Morgan fingerprint density at radius 3 is 2.07 bits per heavy atom. The molecular weight excluding hydrogens is 350 g/mol. The zero-order valence-electron chi connectivity index (χ0n) is 17.1. The quantitative estimate of drug-likeness (QED) is 0.508. The van der Waals surface area contributed by atoms with Gasteiger partial charge in [0.1, 0.15) is 0 Å². The fraction of sp³-hybridized carbons (Fsp3) is 0.435. The van der Waals surface area contributed by atoms with E-state index in [0.717, 1.165) is 11.1 Å². The summed E-state index contributed by atoms with van der Waals surface area (Å²) >= 11 is 0. The highest BCUT2D eigenvalue weighted by atomic mass is 28.4.